The fourth-order valence-electron chi connectivity index (χ4n) is 8.11. The Bertz CT molecular complexity index is 2740. The summed E-state index contributed by atoms with van der Waals surface area (Å²) in [6.45, 7) is 6.87. The summed E-state index contributed by atoms with van der Waals surface area (Å²) >= 11 is 1.32. The quantitative estimate of drug-likeness (QED) is 0.0432. The molecule has 8 N–H and O–H groups in total. The number of benzene rings is 4. The van der Waals surface area contributed by atoms with E-state index in [0.29, 0.717) is 16.3 Å². The highest BCUT2D eigenvalue weighted by molar-refractivity contribution is 7.15. The zero-order valence-corrected chi connectivity index (χ0v) is 41.5. The van der Waals surface area contributed by atoms with Crippen molar-refractivity contribution in [3.63, 3.8) is 0 Å². The van der Waals surface area contributed by atoms with Crippen molar-refractivity contribution in [1.82, 2.24) is 36.9 Å². The number of ketones is 2. The van der Waals surface area contributed by atoms with E-state index in [1.54, 1.807) is 25.3 Å². The molecule has 0 unspecified atom stereocenters. The summed E-state index contributed by atoms with van der Waals surface area (Å²) in [7, 11) is 0. The SMILES string of the molecule is CC[C@H](NC(=O)CNC(=O)[C@H](C)NC(=O)[C@H](C)NC(=O)[C@H](Cc1ccc(O)c(Cc2cnc(NCC(C)=O)s2)c1)NC(=O)OCC1c2ccccc2-c2ccccc21)C(=O)N[C@@H](Cc1ccccc1)C(C)=O. The fourth-order valence-corrected chi connectivity index (χ4v) is 8.95. The Morgan fingerprint density at radius 3 is 1.93 bits per heavy atom. The van der Waals surface area contributed by atoms with Crippen molar-refractivity contribution in [3.8, 4) is 16.9 Å². The van der Waals surface area contributed by atoms with E-state index in [1.165, 1.54) is 45.1 Å². The third kappa shape index (κ3) is 14.8. The summed E-state index contributed by atoms with van der Waals surface area (Å²) in [5.41, 5.74) is 5.99. The molecule has 0 aliphatic heterocycles. The molecule has 378 valence electrons. The van der Waals surface area contributed by atoms with Crippen LogP contribution in [0.25, 0.3) is 11.1 Å². The first-order chi connectivity index (χ1) is 34.5. The van der Waals surface area contributed by atoms with Crippen LogP contribution in [0, 0.1) is 0 Å². The minimum Gasteiger partial charge on any atom is -0.508 e. The van der Waals surface area contributed by atoms with Crippen LogP contribution < -0.4 is 37.2 Å². The van der Waals surface area contributed by atoms with Crippen molar-refractivity contribution in [2.24, 2.45) is 0 Å². The average molecular weight is 1000 g/mol. The van der Waals surface area contributed by atoms with E-state index in [9.17, 15) is 43.5 Å². The van der Waals surface area contributed by atoms with Crippen LogP contribution >= 0.6 is 11.3 Å². The van der Waals surface area contributed by atoms with Crippen molar-refractivity contribution >= 4 is 63.7 Å². The minimum atomic E-state index is -1.29. The number of alkyl carbamates (subject to hydrolysis) is 1. The summed E-state index contributed by atoms with van der Waals surface area (Å²) in [5.74, 6) is -4.03. The molecule has 6 amide bonds. The number of hydrogen-bond acceptors (Lipinski definition) is 13. The van der Waals surface area contributed by atoms with Gasteiger partial charge in [0.05, 0.1) is 19.1 Å². The molecule has 18 nitrogen and oxygen atoms in total. The molecule has 0 bridgehead atoms. The molecule has 0 fully saturated rings. The van der Waals surface area contributed by atoms with Crippen molar-refractivity contribution in [2.75, 3.05) is 25.0 Å². The molecule has 0 saturated heterocycles. The van der Waals surface area contributed by atoms with E-state index in [1.807, 2.05) is 78.9 Å². The van der Waals surface area contributed by atoms with Crippen LogP contribution in [0.4, 0.5) is 9.93 Å². The lowest BCUT2D eigenvalue weighted by Gasteiger charge is -2.23. The molecular formula is C53H60N8O10S. The number of aromatic nitrogens is 1. The average Bonchev–Trinajstić information content (AvgIpc) is 3.95. The predicted molar refractivity (Wildman–Crippen MR) is 271 cm³/mol. The van der Waals surface area contributed by atoms with Crippen LogP contribution in [0.1, 0.15) is 79.7 Å². The van der Waals surface area contributed by atoms with E-state index in [0.717, 1.165) is 32.7 Å². The Hall–Kier alpha value is -7.93. The van der Waals surface area contributed by atoms with E-state index < -0.39 is 72.4 Å². The predicted octanol–water partition coefficient (Wildman–Crippen LogP) is 4.23. The number of phenols is 1. The lowest BCUT2D eigenvalue weighted by Crippen LogP contribution is -2.56. The van der Waals surface area contributed by atoms with Crippen molar-refractivity contribution < 1.29 is 48.2 Å². The normalized spacial score (nSPS) is 13.6. The van der Waals surface area contributed by atoms with Crippen LogP contribution in [0.5, 0.6) is 5.75 Å². The van der Waals surface area contributed by atoms with Gasteiger partial charge in [-0.3, -0.25) is 33.6 Å². The Morgan fingerprint density at radius 1 is 0.667 bits per heavy atom. The smallest absolute Gasteiger partial charge is 0.407 e. The second kappa shape index (κ2) is 25.3. The van der Waals surface area contributed by atoms with Crippen LogP contribution in [-0.2, 0) is 57.6 Å². The first-order valence-corrected chi connectivity index (χ1v) is 24.4. The molecule has 5 aromatic rings. The van der Waals surface area contributed by atoms with Gasteiger partial charge in [-0.25, -0.2) is 9.78 Å². The summed E-state index contributed by atoms with van der Waals surface area (Å²) < 4.78 is 5.78. The van der Waals surface area contributed by atoms with Crippen LogP contribution in [0.15, 0.2) is 103 Å². The van der Waals surface area contributed by atoms with Gasteiger partial charge in [-0.15, -0.1) is 11.3 Å². The lowest BCUT2D eigenvalue weighted by molar-refractivity contribution is -0.133. The number of ether oxygens (including phenoxy) is 1. The topological polar surface area (TPSA) is 263 Å². The molecule has 1 aliphatic rings. The van der Waals surface area contributed by atoms with Gasteiger partial charge in [0.25, 0.3) is 0 Å². The van der Waals surface area contributed by atoms with Crippen LogP contribution in [0.3, 0.4) is 0 Å². The van der Waals surface area contributed by atoms with Gasteiger partial charge in [-0.1, -0.05) is 97.9 Å². The third-order valence-electron chi connectivity index (χ3n) is 12.0. The summed E-state index contributed by atoms with van der Waals surface area (Å²) in [6, 6.07) is 24.2. The summed E-state index contributed by atoms with van der Waals surface area (Å²) in [5, 5.41) is 29.8. The second-order valence-corrected chi connectivity index (χ2v) is 18.7. The molecule has 19 heteroatoms. The molecule has 1 heterocycles. The highest BCUT2D eigenvalue weighted by Gasteiger charge is 2.32. The van der Waals surface area contributed by atoms with Crippen molar-refractivity contribution in [2.45, 2.75) is 96.4 Å². The molecule has 1 aromatic heterocycles. The van der Waals surface area contributed by atoms with Gasteiger partial charge in [-0.05, 0) is 85.5 Å². The van der Waals surface area contributed by atoms with E-state index >= 15 is 0 Å². The number of thiazole rings is 1. The number of fused-ring (bicyclic) bond motifs is 3. The number of amides is 6. The highest BCUT2D eigenvalue weighted by atomic mass is 32.1. The number of anilines is 1. The maximum atomic E-state index is 14.1. The Labute approximate surface area is 421 Å². The van der Waals surface area contributed by atoms with Gasteiger partial charge in [0.1, 0.15) is 42.3 Å². The van der Waals surface area contributed by atoms with E-state index in [-0.39, 0.29) is 62.1 Å². The monoisotopic (exact) mass is 1000 g/mol. The fraction of sp³-hybridized carbons (Fsp3) is 0.340. The highest BCUT2D eigenvalue weighted by Crippen LogP contribution is 2.44. The maximum Gasteiger partial charge on any atom is 0.407 e. The van der Waals surface area contributed by atoms with Gasteiger partial charge < -0.3 is 47.1 Å². The van der Waals surface area contributed by atoms with Gasteiger partial charge in [-0.2, -0.15) is 0 Å². The maximum absolute atomic E-state index is 14.1. The summed E-state index contributed by atoms with van der Waals surface area (Å²) in [6.07, 6.45) is 1.41. The first kappa shape index (κ1) is 53.4. The molecule has 1 aliphatic carbocycles. The Morgan fingerprint density at radius 2 is 1.28 bits per heavy atom. The number of nitrogens with zero attached hydrogens (tertiary/aromatic N) is 1. The van der Waals surface area contributed by atoms with Crippen molar-refractivity contribution in [1.29, 1.82) is 0 Å². The standard InChI is InChI=1S/C53H60N8O10S/c1-6-43(50(68)60-44(33(5)63)23-34-14-8-7-9-15-34)59-47(65)28-54-48(66)31(3)57-49(67)32(4)58-51(69)45(24-35-20-21-46(64)36(22-35)25-37-27-56-52(72-37)55-26-30(2)62)61-53(70)71-29-42-40-18-12-10-16-38(40)39-17-11-13-19-41(39)42/h7-22,27,31-32,42-45,64H,6,23-26,28-29H2,1-5H3,(H,54,66)(H,55,56)(H,57,67)(H,58,69)(H,59,65)(H,60,68)(H,61,70)/t31-,32-,43-,44-,45-/m0/s1. The van der Waals surface area contributed by atoms with Gasteiger partial charge in [0.2, 0.25) is 29.5 Å². The largest absolute Gasteiger partial charge is 0.508 e. The molecule has 0 saturated carbocycles. The first-order valence-electron chi connectivity index (χ1n) is 23.6. The number of phenolic OH excluding ortho intramolecular Hbond substituents is 1. The van der Waals surface area contributed by atoms with Gasteiger partial charge in [0.15, 0.2) is 10.9 Å². The molecule has 0 spiro atoms. The molecule has 0 radical (unpaired) electrons. The molecule has 5 atom stereocenters. The zero-order chi connectivity index (χ0) is 51.9. The Kier molecular flexibility index (Phi) is 18.7. The third-order valence-corrected chi connectivity index (χ3v) is 13.0. The Balaban J connectivity index is 1.06. The van der Waals surface area contributed by atoms with E-state index in [4.69, 9.17) is 4.74 Å². The van der Waals surface area contributed by atoms with Crippen LogP contribution in [-0.4, -0.2) is 107 Å². The second-order valence-electron chi connectivity index (χ2n) is 17.6. The zero-order valence-electron chi connectivity index (χ0n) is 40.7. The number of hydrogen-bond donors (Lipinski definition) is 8. The molecule has 6 rings (SSSR count). The lowest BCUT2D eigenvalue weighted by atomic mass is 9.98. The summed E-state index contributed by atoms with van der Waals surface area (Å²) in [4.78, 5) is 109. The molecular weight excluding hydrogens is 941 g/mol. The number of aromatic hydroxyl groups is 1. The number of carbonyl (C=O) groups is 8. The number of nitrogens with one attached hydrogen (secondary N) is 7. The minimum absolute atomic E-state index is 0.00785. The number of Topliss-reactive ketones (excluding diaryl/α,β-unsaturated/α-hetero) is 2. The molecule has 4 aromatic carbocycles. The number of rotatable bonds is 24. The van der Waals surface area contributed by atoms with Crippen LogP contribution in [0.2, 0.25) is 0 Å². The van der Waals surface area contributed by atoms with Gasteiger partial charge in [0, 0.05) is 29.8 Å². The van der Waals surface area contributed by atoms with E-state index in [2.05, 4.69) is 42.2 Å². The number of carbonyl (C=O) groups excluding carboxylic acids is 8. The van der Waals surface area contributed by atoms with Crippen molar-refractivity contribution in [3.05, 3.63) is 136 Å². The molecule has 72 heavy (non-hydrogen) atoms. The van der Waals surface area contributed by atoms with Gasteiger partial charge >= 0.3 is 6.09 Å².